The van der Waals surface area contributed by atoms with Crippen molar-refractivity contribution in [2.45, 2.75) is 33.4 Å². The Morgan fingerprint density at radius 3 is 2.45 bits per heavy atom. The van der Waals surface area contributed by atoms with E-state index in [1.807, 2.05) is 0 Å². The largest absolute Gasteiger partial charge is 0.345 e. The average molecular weight is 152 g/mol. The summed E-state index contributed by atoms with van der Waals surface area (Å²) in [5.74, 6) is 0. The van der Waals surface area contributed by atoms with Crippen molar-refractivity contribution in [2.24, 2.45) is 5.73 Å². The Balaban J connectivity index is 3.07. The summed E-state index contributed by atoms with van der Waals surface area (Å²) in [6.07, 6.45) is 0. The maximum Gasteiger partial charge on any atom is 0.0334 e. The van der Waals surface area contributed by atoms with E-state index in [0.717, 1.165) is 0 Å². The SMILES string of the molecule is Cc1ccc(CN)n1C(C)C. The lowest BCUT2D eigenvalue weighted by molar-refractivity contribution is 0.563. The van der Waals surface area contributed by atoms with Crippen LogP contribution in [0.5, 0.6) is 0 Å². The number of nitrogens with two attached hydrogens (primary N) is 1. The van der Waals surface area contributed by atoms with Crippen molar-refractivity contribution in [3.05, 3.63) is 23.5 Å². The molecule has 0 spiro atoms. The molecular formula is C9H16N2. The highest BCUT2D eigenvalue weighted by molar-refractivity contribution is 5.15. The minimum Gasteiger partial charge on any atom is -0.345 e. The monoisotopic (exact) mass is 152 g/mol. The molecule has 2 heteroatoms. The zero-order valence-electron chi connectivity index (χ0n) is 7.46. The highest BCUT2D eigenvalue weighted by atomic mass is 15.0. The molecule has 0 saturated heterocycles. The molecule has 0 radical (unpaired) electrons. The summed E-state index contributed by atoms with van der Waals surface area (Å²) in [6, 6.07) is 4.72. The number of rotatable bonds is 2. The minimum atomic E-state index is 0.517. The first-order chi connectivity index (χ1) is 5.16. The van der Waals surface area contributed by atoms with Gasteiger partial charge in [0.05, 0.1) is 0 Å². The van der Waals surface area contributed by atoms with Crippen LogP contribution >= 0.6 is 0 Å². The molecule has 0 bridgehead atoms. The molecule has 1 rings (SSSR count). The van der Waals surface area contributed by atoms with E-state index in [2.05, 4.69) is 37.5 Å². The molecule has 1 heterocycles. The van der Waals surface area contributed by atoms with Gasteiger partial charge < -0.3 is 10.3 Å². The number of hydrogen-bond donors (Lipinski definition) is 1. The number of aromatic nitrogens is 1. The number of hydrogen-bond acceptors (Lipinski definition) is 1. The second-order valence-electron chi connectivity index (χ2n) is 3.13. The fourth-order valence-corrected chi connectivity index (χ4v) is 1.51. The van der Waals surface area contributed by atoms with Crippen LogP contribution < -0.4 is 5.73 Å². The smallest absolute Gasteiger partial charge is 0.0334 e. The Kier molecular flexibility index (Phi) is 2.35. The van der Waals surface area contributed by atoms with Gasteiger partial charge in [0.25, 0.3) is 0 Å². The average Bonchev–Trinajstić information content (AvgIpc) is 2.30. The predicted octanol–water partition coefficient (Wildman–Crippen LogP) is 1.84. The zero-order chi connectivity index (χ0) is 8.43. The second-order valence-corrected chi connectivity index (χ2v) is 3.13. The molecule has 1 aromatic heterocycles. The summed E-state index contributed by atoms with van der Waals surface area (Å²) in [6.45, 7) is 7.09. The van der Waals surface area contributed by atoms with E-state index in [4.69, 9.17) is 5.73 Å². The first kappa shape index (κ1) is 8.34. The topological polar surface area (TPSA) is 30.9 Å². The lowest BCUT2D eigenvalue weighted by Crippen LogP contribution is -2.10. The second kappa shape index (κ2) is 3.09. The molecule has 0 saturated carbocycles. The van der Waals surface area contributed by atoms with E-state index in [1.165, 1.54) is 11.4 Å². The molecule has 0 aliphatic rings. The van der Waals surface area contributed by atoms with Gasteiger partial charge in [-0.05, 0) is 32.9 Å². The summed E-state index contributed by atoms with van der Waals surface area (Å²) in [4.78, 5) is 0. The van der Waals surface area contributed by atoms with Gasteiger partial charge in [-0.1, -0.05) is 0 Å². The van der Waals surface area contributed by atoms with Crippen molar-refractivity contribution in [1.29, 1.82) is 0 Å². The van der Waals surface area contributed by atoms with Crippen molar-refractivity contribution in [1.82, 2.24) is 4.57 Å². The Hall–Kier alpha value is -0.760. The highest BCUT2D eigenvalue weighted by Crippen LogP contribution is 2.14. The minimum absolute atomic E-state index is 0.517. The van der Waals surface area contributed by atoms with E-state index in [0.29, 0.717) is 12.6 Å². The van der Waals surface area contributed by atoms with Gasteiger partial charge in [-0.25, -0.2) is 0 Å². The van der Waals surface area contributed by atoms with Gasteiger partial charge in [0, 0.05) is 24.0 Å². The molecule has 0 unspecified atom stereocenters. The van der Waals surface area contributed by atoms with Crippen LogP contribution in [-0.2, 0) is 6.54 Å². The third kappa shape index (κ3) is 1.46. The third-order valence-corrected chi connectivity index (χ3v) is 1.93. The number of nitrogens with zero attached hydrogens (tertiary/aromatic N) is 1. The van der Waals surface area contributed by atoms with Crippen molar-refractivity contribution in [2.75, 3.05) is 0 Å². The van der Waals surface area contributed by atoms with Gasteiger partial charge in [0.15, 0.2) is 0 Å². The van der Waals surface area contributed by atoms with Gasteiger partial charge in [-0.15, -0.1) is 0 Å². The van der Waals surface area contributed by atoms with E-state index in [-0.39, 0.29) is 0 Å². The molecule has 2 nitrogen and oxygen atoms in total. The predicted molar refractivity (Wildman–Crippen MR) is 47.4 cm³/mol. The maximum atomic E-state index is 5.58. The van der Waals surface area contributed by atoms with E-state index in [9.17, 15) is 0 Å². The van der Waals surface area contributed by atoms with Crippen LogP contribution in [0.15, 0.2) is 12.1 Å². The molecule has 0 amide bonds. The molecule has 11 heavy (non-hydrogen) atoms. The Morgan fingerprint density at radius 2 is 2.09 bits per heavy atom. The van der Waals surface area contributed by atoms with Gasteiger partial charge in [0.1, 0.15) is 0 Å². The summed E-state index contributed by atoms with van der Waals surface area (Å²) in [5, 5.41) is 0. The Labute approximate surface area is 68.0 Å². The zero-order valence-corrected chi connectivity index (χ0v) is 7.46. The Bertz CT molecular complexity index is 236. The van der Waals surface area contributed by atoms with Crippen molar-refractivity contribution in [3.63, 3.8) is 0 Å². The molecule has 62 valence electrons. The van der Waals surface area contributed by atoms with Crippen molar-refractivity contribution >= 4 is 0 Å². The molecule has 0 aliphatic carbocycles. The summed E-state index contributed by atoms with van der Waals surface area (Å²) >= 11 is 0. The quantitative estimate of drug-likeness (QED) is 0.688. The lowest BCUT2D eigenvalue weighted by atomic mass is 10.3. The lowest BCUT2D eigenvalue weighted by Gasteiger charge is -2.14. The molecule has 0 aliphatic heterocycles. The van der Waals surface area contributed by atoms with Gasteiger partial charge in [0.2, 0.25) is 0 Å². The van der Waals surface area contributed by atoms with Crippen molar-refractivity contribution in [3.8, 4) is 0 Å². The van der Waals surface area contributed by atoms with Gasteiger partial charge >= 0.3 is 0 Å². The van der Waals surface area contributed by atoms with Gasteiger partial charge in [-0.3, -0.25) is 0 Å². The molecule has 2 N–H and O–H groups in total. The summed E-state index contributed by atoms with van der Waals surface area (Å²) in [5.41, 5.74) is 8.09. The van der Waals surface area contributed by atoms with Crippen LogP contribution in [0.4, 0.5) is 0 Å². The standard InChI is InChI=1S/C9H16N2/c1-7(2)11-8(3)4-5-9(11)6-10/h4-5,7H,6,10H2,1-3H3. The van der Waals surface area contributed by atoms with Crippen LogP contribution in [0.3, 0.4) is 0 Å². The normalized spacial score (nSPS) is 11.0. The maximum absolute atomic E-state index is 5.58. The molecule has 0 atom stereocenters. The van der Waals surface area contributed by atoms with Crippen LogP contribution in [0.1, 0.15) is 31.3 Å². The van der Waals surface area contributed by atoms with Gasteiger partial charge in [-0.2, -0.15) is 0 Å². The fourth-order valence-electron chi connectivity index (χ4n) is 1.51. The summed E-state index contributed by atoms with van der Waals surface area (Å²) in [7, 11) is 0. The van der Waals surface area contributed by atoms with Crippen LogP contribution in [0, 0.1) is 6.92 Å². The highest BCUT2D eigenvalue weighted by Gasteiger charge is 2.05. The van der Waals surface area contributed by atoms with Crippen molar-refractivity contribution < 1.29 is 0 Å². The third-order valence-electron chi connectivity index (χ3n) is 1.93. The molecule has 0 aromatic carbocycles. The first-order valence-electron chi connectivity index (χ1n) is 4.03. The van der Waals surface area contributed by atoms with E-state index < -0.39 is 0 Å². The first-order valence-corrected chi connectivity index (χ1v) is 4.03. The van der Waals surface area contributed by atoms with E-state index >= 15 is 0 Å². The molecule has 0 fully saturated rings. The molecule has 1 aromatic rings. The van der Waals surface area contributed by atoms with Crippen LogP contribution in [-0.4, -0.2) is 4.57 Å². The fraction of sp³-hybridized carbons (Fsp3) is 0.556. The summed E-state index contributed by atoms with van der Waals surface area (Å²) < 4.78 is 2.26. The van der Waals surface area contributed by atoms with E-state index in [1.54, 1.807) is 0 Å². The van der Waals surface area contributed by atoms with Crippen LogP contribution in [0.25, 0.3) is 0 Å². The van der Waals surface area contributed by atoms with Crippen LogP contribution in [0.2, 0.25) is 0 Å². The number of aryl methyl sites for hydroxylation is 1. The Morgan fingerprint density at radius 1 is 1.45 bits per heavy atom. The molecular weight excluding hydrogens is 136 g/mol.